The summed E-state index contributed by atoms with van der Waals surface area (Å²) >= 11 is 0. The van der Waals surface area contributed by atoms with Crippen LogP contribution in [-0.2, 0) is 17.7 Å². The molecule has 17 heavy (non-hydrogen) atoms. The van der Waals surface area contributed by atoms with Gasteiger partial charge in [-0.05, 0) is 17.5 Å². The summed E-state index contributed by atoms with van der Waals surface area (Å²) in [6, 6.07) is 9.28. The molecule has 1 unspecified atom stereocenters. The van der Waals surface area contributed by atoms with Crippen molar-refractivity contribution in [2.75, 3.05) is 26.3 Å². The lowest BCUT2D eigenvalue weighted by molar-refractivity contribution is 0.0766. The van der Waals surface area contributed by atoms with Crippen LogP contribution in [0, 0.1) is 0 Å². The van der Waals surface area contributed by atoms with E-state index in [9.17, 15) is 0 Å². The van der Waals surface area contributed by atoms with Gasteiger partial charge in [-0.25, -0.2) is 0 Å². The first-order chi connectivity index (χ1) is 8.38. The largest absolute Gasteiger partial charge is 0.378 e. The van der Waals surface area contributed by atoms with Crippen LogP contribution in [-0.4, -0.2) is 32.3 Å². The van der Waals surface area contributed by atoms with Crippen LogP contribution in [0.4, 0.5) is 0 Å². The molecule has 3 heteroatoms. The molecule has 0 amide bonds. The third-order valence-electron chi connectivity index (χ3n) is 3.15. The molecule has 2 rings (SSSR count). The van der Waals surface area contributed by atoms with E-state index >= 15 is 0 Å². The van der Waals surface area contributed by atoms with E-state index in [4.69, 9.17) is 4.74 Å². The number of rotatable bonds is 5. The van der Waals surface area contributed by atoms with Gasteiger partial charge in [0.05, 0.1) is 13.2 Å². The van der Waals surface area contributed by atoms with Crippen molar-refractivity contribution in [2.45, 2.75) is 25.9 Å². The second-order valence-electron chi connectivity index (χ2n) is 4.53. The van der Waals surface area contributed by atoms with Crippen LogP contribution in [0.3, 0.4) is 0 Å². The van der Waals surface area contributed by atoms with Gasteiger partial charge < -0.3 is 15.4 Å². The van der Waals surface area contributed by atoms with Gasteiger partial charge in [-0.3, -0.25) is 0 Å². The van der Waals surface area contributed by atoms with Gasteiger partial charge in [0.15, 0.2) is 0 Å². The highest BCUT2D eigenvalue weighted by atomic mass is 16.5. The molecule has 3 nitrogen and oxygen atoms in total. The Morgan fingerprint density at radius 1 is 1.29 bits per heavy atom. The summed E-state index contributed by atoms with van der Waals surface area (Å²) in [6.07, 6.45) is 1.11. The molecule has 0 bridgehead atoms. The molecule has 1 aromatic rings. The van der Waals surface area contributed by atoms with Gasteiger partial charge >= 0.3 is 0 Å². The predicted molar refractivity (Wildman–Crippen MR) is 70.1 cm³/mol. The second kappa shape index (κ2) is 6.74. The molecule has 1 aromatic carbocycles. The zero-order valence-electron chi connectivity index (χ0n) is 10.5. The molecule has 0 spiro atoms. The Morgan fingerprint density at radius 3 is 2.71 bits per heavy atom. The normalized spacial score (nSPS) is 20.4. The summed E-state index contributed by atoms with van der Waals surface area (Å²) in [5, 5.41) is 6.90. The van der Waals surface area contributed by atoms with E-state index in [-0.39, 0.29) is 0 Å². The Morgan fingerprint density at radius 2 is 2.06 bits per heavy atom. The Labute approximate surface area is 104 Å². The fraction of sp³-hybridized carbons (Fsp3) is 0.571. The Hall–Kier alpha value is -0.900. The minimum absolute atomic E-state index is 0.457. The van der Waals surface area contributed by atoms with Crippen LogP contribution in [0.2, 0.25) is 0 Å². The van der Waals surface area contributed by atoms with Crippen molar-refractivity contribution in [1.82, 2.24) is 10.6 Å². The summed E-state index contributed by atoms with van der Waals surface area (Å²) in [7, 11) is 0. The van der Waals surface area contributed by atoms with Gasteiger partial charge in [-0.1, -0.05) is 31.2 Å². The zero-order chi connectivity index (χ0) is 11.9. The second-order valence-corrected chi connectivity index (χ2v) is 4.53. The smallest absolute Gasteiger partial charge is 0.0632 e. The molecule has 0 aromatic heterocycles. The van der Waals surface area contributed by atoms with Crippen molar-refractivity contribution in [3.8, 4) is 0 Å². The summed E-state index contributed by atoms with van der Waals surface area (Å²) in [5.41, 5.74) is 2.75. The Bertz CT molecular complexity index is 317. The van der Waals surface area contributed by atoms with Crippen molar-refractivity contribution >= 4 is 0 Å². The van der Waals surface area contributed by atoms with E-state index in [1.165, 1.54) is 11.1 Å². The number of nitrogens with one attached hydrogen (secondary N) is 2. The number of aryl methyl sites for hydroxylation is 1. The molecule has 94 valence electrons. The molecule has 1 fully saturated rings. The molecule has 1 saturated heterocycles. The number of benzene rings is 1. The first-order valence-corrected chi connectivity index (χ1v) is 6.48. The molecule has 0 aliphatic carbocycles. The van der Waals surface area contributed by atoms with Gasteiger partial charge in [0, 0.05) is 25.7 Å². The van der Waals surface area contributed by atoms with E-state index in [1.54, 1.807) is 0 Å². The van der Waals surface area contributed by atoms with Crippen molar-refractivity contribution in [2.24, 2.45) is 0 Å². The maximum Gasteiger partial charge on any atom is 0.0632 e. The average molecular weight is 234 g/mol. The molecular formula is C14H22N2O. The lowest BCUT2D eigenvalue weighted by atomic mass is 10.1. The minimum Gasteiger partial charge on any atom is -0.378 e. The maximum atomic E-state index is 5.41. The number of ether oxygens (including phenoxy) is 1. The van der Waals surface area contributed by atoms with Crippen LogP contribution in [0.5, 0.6) is 0 Å². The Balaban J connectivity index is 1.69. The summed E-state index contributed by atoms with van der Waals surface area (Å²) in [5.74, 6) is 0. The lowest BCUT2D eigenvalue weighted by Crippen LogP contribution is -2.47. The molecule has 2 N–H and O–H groups in total. The van der Waals surface area contributed by atoms with Gasteiger partial charge in [0.2, 0.25) is 0 Å². The monoisotopic (exact) mass is 234 g/mol. The van der Waals surface area contributed by atoms with Crippen molar-refractivity contribution < 1.29 is 4.74 Å². The summed E-state index contributed by atoms with van der Waals surface area (Å²) in [6.45, 7) is 6.72. The van der Waals surface area contributed by atoms with Crippen molar-refractivity contribution in [1.29, 1.82) is 0 Å². The SMILES string of the molecule is CCc1ccc(CNCC2COCCN2)cc1. The average Bonchev–Trinajstić information content (AvgIpc) is 2.41. The van der Waals surface area contributed by atoms with Crippen LogP contribution >= 0.6 is 0 Å². The molecule has 0 radical (unpaired) electrons. The highest BCUT2D eigenvalue weighted by molar-refractivity contribution is 5.22. The van der Waals surface area contributed by atoms with Crippen molar-refractivity contribution in [3.05, 3.63) is 35.4 Å². The molecule has 1 heterocycles. The molecular weight excluding hydrogens is 212 g/mol. The third kappa shape index (κ3) is 4.11. The van der Waals surface area contributed by atoms with Crippen LogP contribution < -0.4 is 10.6 Å². The standard InChI is InChI=1S/C14H22N2O/c1-2-12-3-5-13(6-4-12)9-15-10-14-11-17-8-7-16-14/h3-6,14-16H,2,7-11H2,1H3. The lowest BCUT2D eigenvalue weighted by Gasteiger charge is -2.24. The number of hydrogen-bond acceptors (Lipinski definition) is 3. The summed E-state index contributed by atoms with van der Waals surface area (Å²) in [4.78, 5) is 0. The fourth-order valence-electron chi connectivity index (χ4n) is 2.03. The van der Waals surface area contributed by atoms with Crippen LogP contribution in [0.1, 0.15) is 18.1 Å². The molecule has 0 saturated carbocycles. The van der Waals surface area contributed by atoms with Gasteiger partial charge in [0.1, 0.15) is 0 Å². The summed E-state index contributed by atoms with van der Waals surface area (Å²) < 4.78 is 5.41. The first kappa shape index (κ1) is 12.6. The van der Waals surface area contributed by atoms with Crippen molar-refractivity contribution in [3.63, 3.8) is 0 Å². The van der Waals surface area contributed by atoms with E-state index < -0.39 is 0 Å². The molecule has 1 aliphatic rings. The molecule has 1 atom stereocenters. The number of hydrogen-bond donors (Lipinski definition) is 2. The third-order valence-corrected chi connectivity index (χ3v) is 3.15. The van der Waals surface area contributed by atoms with E-state index in [0.717, 1.165) is 39.3 Å². The predicted octanol–water partition coefficient (Wildman–Crippen LogP) is 1.33. The van der Waals surface area contributed by atoms with Gasteiger partial charge in [-0.15, -0.1) is 0 Å². The number of morpholine rings is 1. The maximum absolute atomic E-state index is 5.41. The topological polar surface area (TPSA) is 33.3 Å². The molecule has 1 aliphatic heterocycles. The minimum atomic E-state index is 0.457. The fourth-order valence-corrected chi connectivity index (χ4v) is 2.03. The highest BCUT2D eigenvalue weighted by Crippen LogP contribution is 2.04. The highest BCUT2D eigenvalue weighted by Gasteiger charge is 2.11. The van der Waals surface area contributed by atoms with Crippen LogP contribution in [0.25, 0.3) is 0 Å². The van der Waals surface area contributed by atoms with E-state index in [1.807, 2.05) is 0 Å². The van der Waals surface area contributed by atoms with Gasteiger partial charge in [0.25, 0.3) is 0 Å². The quantitative estimate of drug-likeness (QED) is 0.806. The van der Waals surface area contributed by atoms with E-state index in [2.05, 4.69) is 41.8 Å². The first-order valence-electron chi connectivity index (χ1n) is 6.48. The van der Waals surface area contributed by atoms with Crippen LogP contribution in [0.15, 0.2) is 24.3 Å². The Kier molecular flexibility index (Phi) is 4.98. The zero-order valence-corrected chi connectivity index (χ0v) is 10.5. The van der Waals surface area contributed by atoms with E-state index in [0.29, 0.717) is 6.04 Å². The van der Waals surface area contributed by atoms with Gasteiger partial charge in [-0.2, -0.15) is 0 Å².